The van der Waals surface area contributed by atoms with E-state index in [0.717, 1.165) is 24.1 Å². The molecule has 1 heterocycles. The second-order valence-corrected chi connectivity index (χ2v) is 4.97. The fourth-order valence-corrected chi connectivity index (χ4v) is 2.53. The summed E-state index contributed by atoms with van der Waals surface area (Å²) in [5.74, 6) is 1.61. The van der Waals surface area contributed by atoms with E-state index in [-0.39, 0.29) is 0 Å². The highest BCUT2D eigenvalue weighted by Gasteiger charge is 2.26. The van der Waals surface area contributed by atoms with Gasteiger partial charge in [-0.1, -0.05) is 26.7 Å². The molecule has 0 spiro atoms. The number of hydrogen-bond acceptors (Lipinski definition) is 3. The lowest BCUT2D eigenvalue weighted by Crippen LogP contribution is -2.40. The molecule has 3 heteroatoms. The molecule has 88 valence electrons. The Labute approximate surface area is 97.7 Å². The molecule has 1 fully saturated rings. The zero-order chi connectivity index (χ0) is 11.4. The Morgan fingerprint density at radius 3 is 3.00 bits per heavy atom. The third-order valence-corrected chi connectivity index (χ3v) is 3.88. The minimum absolute atomic E-state index is 0.644. The normalized spacial score (nSPS) is 30.2. The molecule has 0 amide bonds. The Bertz CT molecular complexity index is 312. The van der Waals surface area contributed by atoms with Crippen LogP contribution in [-0.4, -0.2) is 16.2 Å². The third kappa shape index (κ3) is 2.79. The lowest BCUT2D eigenvalue weighted by atomic mass is 9.78. The van der Waals surface area contributed by atoms with E-state index < -0.39 is 0 Å². The summed E-state index contributed by atoms with van der Waals surface area (Å²) in [6.07, 6.45) is 5.74. The van der Waals surface area contributed by atoms with E-state index in [4.69, 9.17) is 0 Å². The van der Waals surface area contributed by atoms with Gasteiger partial charge >= 0.3 is 0 Å². The number of aromatic nitrogens is 2. The Kier molecular flexibility index (Phi) is 3.88. The molecule has 0 aromatic carbocycles. The molecule has 16 heavy (non-hydrogen) atoms. The van der Waals surface area contributed by atoms with Gasteiger partial charge in [0.2, 0.25) is 0 Å². The van der Waals surface area contributed by atoms with Gasteiger partial charge in [-0.3, -0.25) is 0 Å². The first-order valence-electron chi connectivity index (χ1n) is 6.27. The largest absolute Gasteiger partial charge is 0.308 e. The van der Waals surface area contributed by atoms with Gasteiger partial charge in [-0.25, -0.2) is 0 Å². The van der Waals surface area contributed by atoms with Crippen LogP contribution in [0, 0.1) is 11.8 Å². The average Bonchev–Trinajstić information content (AvgIpc) is 2.32. The van der Waals surface area contributed by atoms with Crippen molar-refractivity contribution >= 4 is 0 Å². The van der Waals surface area contributed by atoms with Gasteiger partial charge in [-0.15, -0.1) is 0 Å². The summed E-state index contributed by atoms with van der Waals surface area (Å²) in [5.41, 5.74) is 1.04. The molecular weight excluding hydrogens is 198 g/mol. The van der Waals surface area contributed by atoms with Gasteiger partial charge in [-0.2, -0.15) is 10.2 Å². The van der Waals surface area contributed by atoms with Gasteiger partial charge in [-0.05, 0) is 30.4 Å². The number of hydrogen-bond donors (Lipinski definition) is 1. The summed E-state index contributed by atoms with van der Waals surface area (Å²) in [6, 6.07) is 4.61. The lowest BCUT2D eigenvalue weighted by Gasteiger charge is -2.34. The number of rotatable bonds is 3. The first-order valence-corrected chi connectivity index (χ1v) is 6.27. The minimum Gasteiger partial charge on any atom is -0.308 e. The predicted molar refractivity (Wildman–Crippen MR) is 64.8 cm³/mol. The molecule has 1 saturated carbocycles. The van der Waals surface area contributed by atoms with E-state index in [1.165, 1.54) is 19.3 Å². The van der Waals surface area contributed by atoms with Crippen molar-refractivity contribution in [2.24, 2.45) is 11.8 Å². The molecule has 0 aliphatic heterocycles. The molecule has 3 atom stereocenters. The first kappa shape index (κ1) is 11.5. The summed E-state index contributed by atoms with van der Waals surface area (Å²) in [6.45, 7) is 5.56. The molecular formula is C13H21N3. The van der Waals surface area contributed by atoms with Crippen molar-refractivity contribution in [2.45, 2.75) is 45.7 Å². The molecule has 1 N–H and O–H groups in total. The highest BCUT2D eigenvalue weighted by molar-refractivity contribution is 4.99. The fourth-order valence-electron chi connectivity index (χ4n) is 2.53. The van der Waals surface area contributed by atoms with Crippen LogP contribution in [0.4, 0.5) is 0 Å². The maximum absolute atomic E-state index is 4.09. The van der Waals surface area contributed by atoms with E-state index in [1.807, 2.05) is 12.1 Å². The van der Waals surface area contributed by atoms with E-state index in [9.17, 15) is 0 Å². The predicted octanol–water partition coefficient (Wildman–Crippen LogP) is 2.39. The second kappa shape index (κ2) is 5.39. The second-order valence-electron chi connectivity index (χ2n) is 4.97. The van der Waals surface area contributed by atoms with Crippen LogP contribution in [0.25, 0.3) is 0 Å². The molecule has 0 saturated heterocycles. The van der Waals surface area contributed by atoms with Crippen molar-refractivity contribution < 1.29 is 0 Å². The standard InChI is InChI=1S/C13H21N3/c1-10-5-3-7-13(11(10)2)14-9-12-6-4-8-15-16-12/h4,6,8,10-11,13-14H,3,5,7,9H2,1-2H3. The van der Waals surface area contributed by atoms with Crippen LogP contribution in [0.5, 0.6) is 0 Å². The van der Waals surface area contributed by atoms with Crippen molar-refractivity contribution in [3.8, 4) is 0 Å². The molecule has 1 aliphatic rings. The van der Waals surface area contributed by atoms with Crippen LogP contribution in [0.1, 0.15) is 38.8 Å². The smallest absolute Gasteiger partial charge is 0.0769 e. The Morgan fingerprint density at radius 1 is 1.38 bits per heavy atom. The zero-order valence-electron chi connectivity index (χ0n) is 10.2. The topological polar surface area (TPSA) is 37.8 Å². The molecule has 3 nitrogen and oxygen atoms in total. The molecule has 3 unspecified atom stereocenters. The first-order chi connectivity index (χ1) is 7.77. The van der Waals surface area contributed by atoms with Crippen LogP contribution >= 0.6 is 0 Å². The zero-order valence-corrected chi connectivity index (χ0v) is 10.2. The van der Waals surface area contributed by atoms with Gasteiger partial charge in [0.25, 0.3) is 0 Å². The minimum atomic E-state index is 0.644. The highest BCUT2D eigenvalue weighted by Crippen LogP contribution is 2.29. The molecule has 2 rings (SSSR count). The van der Waals surface area contributed by atoms with Crippen molar-refractivity contribution in [2.75, 3.05) is 0 Å². The fraction of sp³-hybridized carbons (Fsp3) is 0.692. The molecule has 1 aromatic heterocycles. The third-order valence-electron chi connectivity index (χ3n) is 3.88. The van der Waals surface area contributed by atoms with Crippen LogP contribution in [-0.2, 0) is 6.54 Å². The molecule has 0 radical (unpaired) electrons. The van der Waals surface area contributed by atoms with Crippen molar-refractivity contribution in [1.82, 2.24) is 15.5 Å². The van der Waals surface area contributed by atoms with Crippen molar-refractivity contribution in [3.63, 3.8) is 0 Å². The van der Waals surface area contributed by atoms with Crippen LogP contribution in [0.3, 0.4) is 0 Å². The van der Waals surface area contributed by atoms with Gasteiger partial charge < -0.3 is 5.32 Å². The van der Waals surface area contributed by atoms with Crippen molar-refractivity contribution in [3.05, 3.63) is 24.0 Å². The number of nitrogens with one attached hydrogen (secondary N) is 1. The van der Waals surface area contributed by atoms with E-state index in [2.05, 4.69) is 29.4 Å². The molecule has 0 bridgehead atoms. The van der Waals surface area contributed by atoms with Gasteiger partial charge in [0.05, 0.1) is 5.69 Å². The summed E-state index contributed by atoms with van der Waals surface area (Å²) in [5, 5.41) is 11.6. The quantitative estimate of drug-likeness (QED) is 0.848. The SMILES string of the molecule is CC1CCCC(NCc2cccnn2)C1C. The van der Waals surface area contributed by atoms with E-state index >= 15 is 0 Å². The maximum atomic E-state index is 4.09. The Hall–Kier alpha value is -0.960. The Morgan fingerprint density at radius 2 is 2.25 bits per heavy atom. The summed E-state index contributed by atoms with van der Waals surface area (Å²) >= 11 is 0. The summed E-state index contributed by atoms with van der Waals surface area (Å²) in [7, 11) is 0. The highest BCUT2D eigenvalue weighted by atomic mass is 15.1. The van der Waals surface area contributed by atoms with Gasteiger partial charge in [0, 0.05) is 18.8 Å². The summed E-state index contributed by atoms with van der Waals surface area (Å²) < 4.78 is 0. The number of nitrogens with zero attached hydrogens (tertiary/aromatic N) is 2. The van der Waals surface area contributed by atoms with Gasteiger partial charge in [0.15, 0.2) is 0 Å². The van der Waals surface area contributed by atoms with E-state index in [1.54, 1.807) is 6.20 Å². The van der Waals surface area contributed by atoms with Gasteiger partial charge in [0.1, 0.15) is 0 Å². The summed E-state index contributed by atoms with van der Waals surface area (Å²) in [4.78, 5) is 0. The van der Waals surface area contributed by atoms with Crippen LogP contribution in [0.15, 0.2) is 18.3 Å². The molecule has 1 aromatic rings. The van der Waals surface area contributed by atoms with Crippen LogP contribution < -0.4 is 5.32 Å². The maximum Gasteiger partial charge on any atom is 0.0769 e. The van der Waals surface area contributed by atoms with Crippen LogP contribution in [0.2, 0.25) is 0 Å². The van der Waals surface area contributed by atoms with E-state index in [0.29, 0.717) is 6.04 Å². The Balaban J connectivity index is 1.85. The lowest BCUT2D eigenvalue weighted by molar-refractivity contribution is 0.205. The monoisotopic (exact) mass is 219 g/mol. The van der Waals surface area contributed by atoms with Crippen molar-refractivity contribution in [1.29, 1.82) is 0 Å². The average molecular weight is 219 g/mol. The molecule has 1 aliphatic carbocycles.